The number of hydrogen-bond acceptors (Lipinski definition) is 4. The van der Waals surface area contributed by atoms with E-state index in [0.29, 0.717) is 10.6 Å². The first kappa shape index (κ1) is 12.9. The minimum absolute atomic E-state index is 0.421. The minimum atomic E-state index is -1.20. The van der Waals surface area contributed by atoms with E-state index in [4.69, 9.17) is 10.4 Å². The Morgan fingerprint density at radius 3 is 2.59 bits per heavy atom. The molecule has 2 N–H and O–H groups in total. The van der Waals surface area contributed by atoms with Gasteiger partial charge < -0.3 is 10.4 Å². The van der Waals surface area contributed by atoms with E-state index in [1.54, 1.807) is 6.92 Å². The maximum absolute atomic E-state index is 11.3. The van der Waals surface area contributed by atoms with Crippen molar-refractivity contribution in [1.82, 2.24) is 0 Å². The molecule has 88 valence electrons. The van der Waals surface area contributed by atoms with Crippen molar-refractivity contribution in [3.8, 4) is 6.07 Å². The first-order valence-electron chi connectivity index (χ1n) is 4.67. The fourth-order valence-corrected chi connectivity index (χ4v) is 2.16. The number of nitrogens with zero attached hydrogens (tertiary/aromatic N) is 1. The molecule has 0 saturated heterocycles. The van der Waals surface area contributed by atoms with E-state index < -0.39 is 11.9 Å². The average molecular weight is 250 g/mol. The van der Waals surface area contributed by atoms with Crippen LogP contribution < -0.4 is 5.32 Å². The summed E-state index contributed by atoms with van der Waals surface area (Å²) in [5.41, 5.74) is 1.25. The Balaban J connectivity index is 2.90. The fraction of sp³-hybridized carbons (Fsp3) is 0.182. The van der Waals surface area contributed by atoms with Gasteiger partial charge in [0, 0.05) is 17.0 Å². The minimum Gasteiger partial charge on any atom is -0.478 e. The lowest BCUT2D eigenvalue weighted by molar-refractivity contribution is -0.131. The molecule has 5 nitrogen and oxygen atoms in total. The molecule has 0 radical (unpaired) electrons. The van der Waals surface area contributed by atoms with Crippen molar-refractivity contribution in [3.05, 3.63) is 28.2 Å². The molecular formula is C11H10N2O3S. The molecule has 0 aromatic carbocycles. The fourth-order valence-electron chi connectivity index (χ4n) is 1.15. The third-order valence-electron chi connectivity index (χ3n) is 2.11. The summed E-state index contributed by atoms with van der Waals surface area (Å²) in [6, 6.07) is 2.01. The van der Waals surface area contributed by atoms with Crippen molar-refractivity contribution in [3.63, 3.8) is 0 Å². The maximum Gasteiger partial charge on any atom is 0.328 e. The molecule has 17 heavy (non-hydrogen) atoms. The number of aliphatic carboxylic acids is 1. The lowest BCUT2D eigenvalue weighted by atomic mass is 10.2. The van der Waals surface area contributed by atoms with Gasteiger partial charge in [0.15, 0.2) is 0 Å². The van der Waals surface area contributed by atoms with Crippen molar-refractivity contribution in [2.75, 3.05) is 5.32 Å². The van der Waals surface area contributed by atoms with Crippen LogP contribution in [0.5, 0.6) is 0 Å². The molecule has 0 spiro atoms. The number of carboxylic acids is 1. The molecule has 1 heterocycles. The Hall–Kier alpha value is -2.13. The van der Waals surface area contributed by atoms with Crippen molar-refractivity contribution in [2.45, 2.75) is 13.8 Å². The highest BCUT2D eigenvalue weighted by molar-refractivity contribution is 7.16. The van der Waals surface area contributed by atoms with Crippen molar-refractivity contribution in [1.29, 1.82) is 5.26 Å². The number of carbonyl (C=O) groups is 2. The Bertz CT molecular complexity index is 538. The molecular weight excluding hydrogens is 240 g/mol. The van der Waals surface area contributed by atoms with E-state index in [1.807, 2.05) is 13.0 Å². The average Bonchev–Trinajstić information content (AvgIpc) is 2.51. The molecule has 0 fully saturated rings. The van der Waals surface area contributed by atoms with Gasteiger partial charge in [0.2, 0.25) is 5.91 Å². The van der Waals surface area contributed by atoms with E-state index in [-0.39, 0.29) is 0 Å². The largest absolute Gasteiger partial charge is 0.478 e. The summed E-state index contributed by atoms with van der Waals surface area (Å²) in [5, 5.41) is 20.2. The zero-order chi connectivity index (χ0) is 13.0. The topological polar surface area (TPSA) is 90.2 Å². The molecule has 0 aliphatic heterocycles. The van der Waals surface area contributed by atoms with E-state index in [0.717, 1.165) is 22.6 Å². The van der Waals surface area contributed by atoms with Crippen LogP contribution >= 0.6 is 11.3 Å². The van der Waals surface area contributed by atoms with Crippen molar-refractivity contribution in [2.24, 2.45) is 0 Å². The van der Waals surface area contributed by atoms with Gasteiger partial charge in [0.25, 0.3) is 0 Å². The highest BCUT2D eigenvalue weighted by Crippen LogP contribution is 2.31. The third kappa shape index (κ3) is 3.16. The predicted octanol–water partition coefficient (Wildman–Crippen LogP) is 1.82. The van der Waals surface area contributed by atoms with Gasteiger partial charge in [-0.1, -0.05) is 0 Å². The zero-order valence-corrected chi connectivity index (χ0v) is 10.1. The number of thiophene rings is 1. The number of carbonyl (C=O) groups excluding carboxylic acids is 1. The van der Waals surface area contributed by atoms with Crippen LogP contribution in [0.25, 0.3) is 0 Å². The number of aryl methyl sites for hydroxylation is 1. The number of hydrogen-bond donors (Lipinski definition) is 2. The highest BCUT2D eigenvalue weighted by Gasteiger charge is 2.13. The van der Waals surface area contributed by atoms with Gasteiger partial charge in [0.1, 0.15) is 11.1 Å². The van der Waals surface area contributed by atoms with Gasteiger partial charge in [-0.15, -0.1) is 11.3 Å². The van der Waals surface area contributed by atoms with Crippen LogP contribution in [0.1, 0.15) is 16.0 Å². The van der Waals surface area contributed by atoms with Crippen LogP contribution in [0.15, 0.2) is 12.2 Å². The lowest BCUT2D eigenvalue weighted by Crippen LogP contribution is -2.08. The predicted molar refractivity (Wildman–Crippen MR) is 63.9 cm³/mol. The summed E-state index contributed by atoms with van der Waals surface area (Å²) in [7, 11) is 0. The van der Waals surface area contributed by atoms with Gasteiger partial charge in [-0.25, -0.2) is 4.79 Å². The van der Waals surface area contributed by atoms with Gasteiger partial charge in [-0.05, 0) is 19.4 Å². The van der Waals surface area contributed by atoms with E-state index in [2.05, 4.69) is 5.32 Å². The Morgan fingerprint density at radius 1 is 1.41 bits per heavy atom. The summed E-state index contributed by atoms with van der Waals surface area (Å²) in [6.45, 7) is 3.65. The van der Waals surface area contributed by atoms with Crippen LogP contribution in [-0.4, -0.2) is 17.0 Å². The van der Waals surface area contributed by atoms with Crippen LogP contribution in [0.3, 0.4) is 0 Å². The second kappa shape index (κ2) is 5.27. The number of anilines is 1. The first-order chi connectivity index (χ1) is 7.95. The van der Waals surface area contributed by atoms with E-state index in [9.17, 15) is 9.59 Å². The molecule has 0 atom stereocenters. The Labute approximate surface area is 102 Å². The Morgan fingerprint density at radius 2 is 2.06 bits per heavy atom. The second-order valence-electron chi connectivity index (χ2n) is 3.26. The highest BCUT2D eigenvalue weighted by atomic mass is 32.1. The monoisotopic (exact) mass is 250 g/mol. The zero-order valence-electron chi connectivity index (χ0n) is 9.27. The normalized spacial score (nSPS) is 10.2. The van der Waals surface area contributed by atoms with Crippen LogP contribution in [-0.2, 0) is 9.59 Å². The molecule has 1 aromatic rings. The molecule has 0 aliphatic carbocycles. The van der Waals surface area contributed by atoms with Gasteiger partial charge in [0.05, 0.1) is 5.56 Å². The first-order valence-corrected chi connectivity index (χ1v) is 5.49. The second-order valence-corrected chi connectivity index (χ2v) is 4.48. The number of rotatable bonds is 3. The van der Waals surface area contributed by atoms with Crippen LogP contribution in [0, 0.1) is 25.2 Å². The molecule has 0 unspecified atom stereocenters. The smallest absolute Gasteiger partial charge is 0.328 e. The summed E-state index contributed by atoms with van der Waals surface area (Å²) in [4.78, 5) is 22.5. The number of amides is 1. The molecule has 0 bridgehead atoms. The van der Waals surface area contributed by atoms with Crippen molar-refractivity contribution >= 4 is 28.2 Å². The SMILES string of the molecule is Cc1sc(NC(=O)/C=C\C(=O)O)c(C#N)c1C. The van der Waals surface area contributed by atoms with Gasteiger partial charge in [-0.3, -0.25) is 4.79 Å². The van der Waals surface area contributed by atoms with Crippen LogP contribution in [0.2, 0.25) is 0 Å². The molecule has 6 heteroatoms. The maximum atomic E-state index is 11.3. The summed E-state index contributed by atoms with van der Waals surface area (Å²) < 4.78 is 0. The number of carboxylic acid groups (broad SMARTS) is 1. The van der Waals surface area contributed by atoms with Gasteiger partial charge >= 0.3 is 5.97 Å². The third-order valence-corrected chi connectivity index (χ3v) is 3.23. The number of nitriles is 1. The molecule has 1 amide bonds. The van der Waals surface area contributed by atoms with Gasteiger partial charge in [-0.2, -0.15) is 5.26 Å². The van der Waals surface area contributed by atoms with E-state index >= 15 is 0 Å². The van der Waals surface area contributed by atoms with Crippen molar-refractivity contribution < 1.29 is 14.7 Å². The molecule has 1 aromatic heterocycles. The lowest BCUT2D eigenvalue weighted by Gasteiger charge is -1.98. The summed E-state index contributed by atoms with van der Waals surface area (Å²) in [6.07, 6.45) is 1.66. The molecule has 1 rings (SSSR count). The molecule has 0 saturated carbocycles. The van der Waals surface area contributed by atoms with Crippen LogP contribution in [0.4, 0.5) is 5.00 Å². The summed E-state index contributed by atoms with van der Waals surface area (Å²) >= 11 is 1.29. The Kier molecular flexibility index (Phi) is 4.01. The number of nitrogens with one attached hydrogen (secondary N) is 1. The summed E-state index contributed by atoms with van der Waals surface area (Å²) in [5.74, 6) is -1.76. The van der Waals surface area contributed by atoms with E-state index in [1.165, 1.54) is 11.3 Å². The molecule has 0 aliphatic rings. The quantitative estimate of drug-likeness (QED) is 0.800. The standard InChI is InChI=1S/C11H10N2O3S/c1-6-7(2)17-11(8(6)5-12)13-9(14)3-4-10(15)16/h3-4H,1-2H3,(H,13,14)(H,15,16)/b4-3-.